The first-order chi connectivity index (χ1) is 8.69. The van der Waals surface area contributed by atoms with Crippen molar-refractivity contribution in [1.29, 1.82) is 15.8 Å². The first-order valence-electron chi connectivity index (χ1n) is 5.67. The molecule has 1 saturated carbocycles. The van der Waals surface area contributed by atoms with Crippen LogP contribution in [0.3, 0.4) is 0 Å². The van der Waals surface area contributed by atoms with E-state index in [2.05, 4.69) is 16.4 Å². The lowest BCUT2D eigenvalue weighted by atomic mass is 10.00. The summed E-state index contributed by atoms with van der Waals surface area (Å²) >= 11 is 0. The summed E-state index contributed by atoms with van der Waals surface area (Å²) in [6.07, 6.45) is 3.67. The molecule has 0 amide bonds. The Morgan fingerprint density at radius 3 is 2.72 bits per heavy atom. The van der Waals surface area contributed by atoms with Gasteiger partial charge in [-0.25, -0.2) is 4.98 Å². The molecule has 0 aliphatic heterocycles. The molecule has 0 aromatic carbocycles. The third-order valence-corrected chi connectivity index (χ3v) is 3.58. The summed E-state index contributed by atoms with van der Waals surface area (Å²) in [4.78, 5) is 3.93. The third kappa shape index (κ3) is 1.72. The minimum absolute atomic E-state index is 0.0429. The van der Waals surface area contributed by atoms with Gasteiger partial charge in [0.1, 0.15) is 17.7 Å². The molecule has 6 heteroatoms. The van der Waals surface area contributed by atoms with Crippen molar-refractivity contribution < 1.29 is 0 Å². The number of rotatable bonds is 2. The van der Waals surface area contributed by atoms with Crippen LogP contribution >= 0.6 is 0 Å². The Morgan fingerprint density at radius 1 is 1.44 bits per heavy atom. The minimum Gasteiger partial charge on any atom is -0.318 e. The van der Waals surface area contributed by atoms with Crippen LogP contribution in [0.4, 0.5) is 0 Å². The van der Waals surface area contributed by atoms with Crippen molar-refractivity contribution in [3.8, 4) is 18.2 Å². The molecule has 90 valence electrons. The fraction of sp³-hybridized carbons (Fsp3) is 0.500. The predicted molar refractivity (Wildman–Crippen MR) is 61.9 cm³/mol. The quantitative estimate of drug-likeness (QED) is 0.825. The first-order valence-corrected chi connectivity index (χ1v) is 5.67. The molecule has 2 atom stereocenters. The second-order valence-electron chi connectivity index (χ2n) is 4.41. The van der Waals surface area contributed by atoms with Gasteiger partial charge in [0.15, 0.2) is 11.4 Å². The van der Waals surface area contributed by atoms with Crippen LogP contribution in [0.1, 0.15) is 36.7 Å². The van der Waals surface area contributed by atoms with Crippen LogP contribution in [0.25, 0.3) is 0 Å². The summed E-state index contributed by atoms with van der Waals surface area (Å²) in [5, 5.41) is 30.2. The number of hydrogen-bond donors (Lipinski definition) is 1. The zero-order valence-electron chi connectivity index (χ0n) is 10.0. The number of nitrogens with zero attached hydrogens (tertiary/aromatic N) is 5. The van der Waals surface area contributed by atoms with E-state index >= 15 is 0 Å². The van der Waals surface area contributed by atoms with Gasteiger partial charge in [-0.05, 0) is 26.3 Å². The molecule has 1 aliphatic carbocycles. The topological polar surface area (TPSA) is 101 Å². The summed E-state index contributed by atoms with van der Waals surface area (Å²) in [5.74, 6) is 0. The van der Waals surface area contributed by atoms with Gasteiger partial charge in [-0.1, -0.05) is 0 Å². The van der Waals surface area contributed by atoms with E-state index in [1.807, 2.05) is 12.1 Å². The Kier molecular flexibility index (Phi) is 3.02. The highest BCUT2D eigenvalue weighted by Gasteiger charge is 2.39. The zero-order valence-corrected chi connectivity index (χ0v) is 10.0. The molecule has 0 radical (unpaired) electrons. The molecule has 2 unspecified atom stereocenters. The maximum Gasteiger partial charge on any atom is 0.176 e. The standard InChI is InChI=1S/C12H12N6/c1-16-12(7-15)3-2-9(4-12)18-8-17-10(5-13)11(18)6-14/h8-9,16H,2-4H2,1H3. The molecule has 1 aromatic rings. The maximum absolute atomic E-state index is 9.20. The highest BCUT2D eigenvalue weighted by molar-refractivity contribution is 5.36. The van der Waals surface area contributed by atoms with Crippen molar-refractivity contribution in [1.82, 2.24) is 14.9 Å². The van der Waals surface area contributed by atoms with Gasteiger partial charge in [0.2, 0.25) is 0 Å². The van der Waals surface area contributed by atoms with E-state index in [1.165, 1.54) is 6.33 Å². The minimum atomic E-state index is -0.533. The molecule has 1 aliphatic rings. The fourth-order valence-electron chi connectivity index (χ4n) is 2.47. The predicted octanol–water partition coefficient (Wildman–Crippen LogP) is 0.833. The van der Waals surface area contributed by atoms with E-state index in [9.17, 15) is 5.26 Å². The van der Waals surface area contributed by atoms with Crippen LogP contribution in [0.5, 0.6) is 0 Å². The molecule has 2 rings (SSSR count). The van der Waals surface area contributed by atoms with Gasteiger partial charge >= 0.3 is 0 Å². The van der Waals surface area contributed by atoms with Crippen LogP contribution in [0, 0.1) is 34.0 Å². The van der Waals surface area contributed by atoms with E-state index in [1.54, 1.807) is 11.6 Å². The number of imidazole rings is 1. The molecule has 0 spiro atoms. The Hall–Kier alpha value is -2.36. The Labute approximate surface area is 105 Å². The molecule has 1 N–H and O–H groups in total. The summed E-state index contributed by atoms with van der Waals surface area (Å²) in [5.41, 5.74) is -0.0992. The van der Waals surface area contributed by atoms with Crippen molar-refractivity contribution in [3.63, 3.8) is 0 Å². The zero-order chi connectivity index (χ0) is 13.2. The van der Waals surface area contributed by atoms with Gasteiger partial charge in [-0.15, -0.1) is 0 Å². The summed E-state index contributed by atoms with van der Waals surface area (Å²) in [7, 11) is 1.77. The monoisotopic (exact) mass is 240 g/mol. The Bertz CT molecular complexity index is 581. The van der Waals surface area contributed by atoms with Crippen LogP contribution < -0.4 is 5.32 Å². The first kappa shape index (κ1) is 12.1. The molecule has 1 aromatic heterocycles. The molecule has 18 heavy (non-hydrogen) atoms. The molecule has 0 bridgehead atoms. The second kappa shape index (κ2) is 4.49. The molecule has 0 saturated heterocycles. The third-order valence-electron chi connectivity index (χ3n) is 3.58. The fourth-order valence-corrected chi connectivity index (χ4v) is 2.47. The molecular weight excluding hydrogens is 228 g/mol. The number of hydrogen-bond acceptors (Lipinski definition) is 5. The van der Waals surface area contributed by atoms with E-state index in [0.29, 0.717) is 6.42 Å². The smallest absolute Gasteiger partial charge is 0.176 e. The number of nitrogens with one attached hydrogen (secondary N) is 1. The van der Waals surface area contributed by atoms with Crippen molar-refractivity contribution >= 4 is 0 Å². The van der Waals surface area contributed by atoms with E-state index in [-0.39, 0.29) is 17.4 Å². The largest absolute Gasteiger partial charge is 0.318 e. The molecule has 1 heterocycles. The summed E-state index contributed by atoms with van der Waals surface area (Å²) in [6.45, 7) is 0. The van der Waals surface area contributed by atoms with Gasteiger partial charge in [0, 0.05) is 6.04 Å². The molecular formula is C12H12N6. The lowest BCUT2D eigenvalue weighted by Gasteiger charge is -2.20. The maximum atomic E-state index is 9.20. The highest BCUT2D eigenvalue weighted by Crippen LogP contribution is 2.38. The lowest BCUT2D eigenvalue weighted by molar-refractivity contribution is 0.427. The van der Waals surface area contributed by atoms with Gasteiger partial charge in [-0.2, -0.15) is 15.8 Å². The van der Waals surface area contributed by atoms with Crippen LogP contribution in [0.2, 0.25) is 0 Å². The van der Waals surface area contributed by atoms with Crippen molar-refractivity contribution in [2.75, 3.05) is 7.05 Å². The lowest BCUT2D eigenvalue weighted by Crippen LogP contribution is -2.38. The van der Waals surface area contributed by atoms with Gasteiger partial charge in [0.25, 0.3) is 0 Å². The average Bonchev–Trinajstić information content (AvgIpc) is 3.02. The number of aromatic nitrogens is 2. The van der Waals surface area contributed by atoms with Crippen LogP contribution in [0.15, 0.2) is 6.33 Å². The Balaban J connectivity index is 2.32. The second-order valence-corrected chi connectivity index (χ2v) is 4.41. The highest BCUT2D eigenvalue weighted by atomic mass is 15.1. The van der Waals surface area contributed by atoms with Gasteiger partial charge in [0.05, 0.1) is 12.4 Å². The molecule has 1 fully saturated rings. The van der Waals surface area contributed by atoms with E-state index in [4.69, 9.17) is 10.5 Å². The van der Waals surface area contributed by atoms with E-state index in [0.717, 1.165) is 12.8 Å². The van der Waals surface area contributed by atoms with Crippen molar-refractivity contribution in [3.05, 3.63) is 17.7 Å². The number of nitriles is 3. The molecule has 6 nitrogen and oxygen atoms in total. The van der Waals surface area contributed by atoms with Crippen molar-refractivity contribution in [2.45, 2.75) is 30.8 Å². The van der Waals surface area contributed by atoms with E-state index < -0.39 is 5.54 Å². The average molecular weight is 240 g/mol. The summed E-state index contributed by atoms with van der Waals surface area (Å²) < 4.78 is 1.72. The SMILES string of the molecule is CNC1(C#N)CCC(n2cnc(C#N)c2C#N)C1. The normalized spacial score (nSPS) is 26.2. The van der Waals surface area contributed by atoms with Crippen LogP contribution in [-0.4, -0.2) is 22.1 Å². The van der Waals surface area contributed by atoms with Crippen LogP contribution in [-0.2, 0) is 0 Å². The summed E-state index contributed by atoms with van der Waals surface area (Å²) in [6, 6.07) is 6.25. The Morgan fingerprint density at radius 2 is 2.22 bits per heavy atom. The van der Waals surface area contributed by atoms with Gasteiger partial charge < -0.3 is 9.88 Å². The van der Waals surface area contributed by atoms with Gasteiger partial charge in [-0.3, -0.25) is 0 Å². The van der Waals surface area contributed by atoms with Crippen molar-refractivity contribution in [2.24, 2.45) is 0 Å².